The summed E-state index contributed by atoms with van der Waals surface area (Å²) in [6, 6.07) is 2.63. The number of benzene rings is 1. The number of urea groups is 1. The Kier molecular flexibility index (Phi) is 7.01. The molecular weight excluding hydrogens is 412 g/mol. The highest BCUT2D eigenvalue weighted by molar-refractivity contribution is 7.89. The van der Waals surface area contributed by atoms with Crippen molar-refractivity contribution in [2.24, 2.45) is 5.41 Å². The van der Waals surface area contributed by atoms with Gasteiger partial charge in [0.05, 0.1) is 17.5 Å². The molecule has 0 spiro atoms. The van der Waals surface area contributed by atoms with Gasteiger partial charge in [0.1, 0.15) is 0 Å². The third-order valence-corrected chi connectivity index (χ3v) is 7.91. The summed E-state index contributed by atoms with van der Waals surface area (Å²) in [5.74, 6) is -0.272. The highest BCUT2D eigenvalue weighted by atomic mass is 32.2. The van der Waals surface area contributed by atoms with Gasteiger partial charge in [0, 0.05) is 6.92 Å². The van der Waals surface area contributed by atoms with E-state index in [0.717, 1.165) is 25.9 Å². The van der Waals surface area contributed by atoms with Gasteiger partial charge in [-0.2, -0.15) is 0 Å². The molecule has 0 aromatic heterocycles. The van der Waals surface area contributed by atoms with E-state index in [4.69, 9.17) is 0 Å². The highest BCUT2D eigenvalue weighted by Gasteiger charge is 2.50. The molecule has 1 fully saturated rings. The van der Waals surface area contributed by atoms with Crippen LogP contribution in [0.1, 0.15) is 104 Å². The second-order valence-corrected chi connectivity index (χ2v) is 12.4. The number of amides is 3. The van der Waals surface area contributed by atoms with Crippen molar-refractivity contribution in [3.05, 3.63) is 28.8 Å². The minimum atomic E-state index is -4.15. The second-order valence-electron chi connectivity index (χ2n) is 10.6. The number of hydrogen-bond donors (Lipinski definition) is 0. The maximum absolute atomic E-state index is 14.0. The van der Waals surface area contributed by atoms with Crippen LogP contribution < -0.4 is 0 Å². The van der Waals surface area contributed by atoms with Gasteiger partial charge in [0.2, 0.25) is 5.91 Å². The maximum atomic E-state index is 14.0. The van der Waals surface area contributed by atoms with E-state index in [1.165, 1.54) is 6.92 Å². The molecule has 1 aliphatic heterocycles. The van der Waals surface area contributed by atoms with Crippen molar-refractivity contribution >= 4 is 22.0 Å². The van der Waals surface area contributed by atoms with E-state index >= 15 is 0 Å². The van der Waals surface area contributed by atoms with E-state index < -0.39 is 33.4 Å². The van der Waals surface area contributed by atoms with E-state index in [9.17, 15) is 18.0 Å². The van der Waals surface area contributed by atoms with Gasteiger partial charge in [-0.25, -0.2) is 17.5 Å². The summed E-state index contributed by atoms with van der Waals surface area (Å²) >= 11 is 0. The highest BCUT2D eigenvalue weighted by Crippen LogP contribution is 2.40. The topological polar surface area (TPSA) is 74.8 Å². The van der Waals surface area contributed by atoms with Gasteiger partial charge in [-0.1, -0.05) is 74.4 Å². The summed E-state index contributed by atoms with van der Waals surface area (Å²) in [4.78, 5) is 26.8. The Morgan fingerprint density at radius 2 is 1.42 bits per heavy atom. The van der Waals surface area contributed by atoms with E-state index in [1.54, 1.807) is 0 Å². The number of rotatable bonds is 5. The lowest BCUT2D eigenvalue weighted by Crippen LogP contribution is -2.45. The number of carbonyl (C=O) groups is 2. The quantitative estimate of drug-likeness (QED) is 0.598. The van der Waals surface area contributed by atoms with Crippen molar-refractivity contribution < 1.29 is 18.0 Å². The van der Waals surface area contributed by atoms with Gasteiger partial charge in [-0.3, -0.25) is 9.69 Å². The molecule has 2 rings (SSSR count). The van der Waals surface area contributed by atoms with Crippen LogP contribution in [0.15, 0.2) is 17.0 Å². The van der Waals surface area contributed by atoms with Crippen molar-refractivity contribution in [3.8, 4) is 0 Å². The van der Waals surface area contributed by atoms with Crippen molar-refractivity contribution in [3.63, 3.8) is 0 Å². The molecule has 1 aliphatic rings. The van der Waals surface area contributed by atoms with Crippen LogP contribution in [0.4, 0.5) is 4.79 Å². The first-order valence-corrected chi connectivity index (χ1v) is 12.5. The average molecular weight is 451 g/mol. The molecular formula is C24H38N2O4S. The van der Waals surface area contributed by atoms with Crippen LogP contribution in [0, 0.1) is 5.41 Å². The predicted octanol–water partition coefficient (Wildman–Crippen LogP) is 5.44. The maximum Gasteiger partial charge on any atom is 0.341 e. The SMILES string of the molecule is CC(=O)N1C(=O)N(S(=O)(=O)c2c(C(C)C)cc(C(C)C)cc2C(C)C)C[C@@H]1C(C)(C)C. The molecule has 1 heterocycles. The van der Waals surface area contributed by atoms with Gasteiger partial charge in [-0.05, 0) is 39.9 Å². The molecule has 1 aromatic carbocycles. The van der Waals surface area contributed by atoms with Crippen molar-refractivity contribution in [2.75, 3.05) is 6.54 Å². The Balaban J connectivity index is 2.78. The van der Waals surface area contributed by atoms with Crippen LogP contribution in [0.3, 0.4) is 0 Å². The number of carbonyl (C=O) groups excluding carboxylic acids is 2. The van der Waals surface area contributed by atoms with E-state index in [0.29, 0.717) is 0 Å². The van der Waals surface area contributed by atoms with Gasteiger partial charge in [0.25, 0.3) is 10.0 Å². The summed E-state index contributed by atoms with van der Waals surface area (Å²) in [5.41, 5.74) is 2.07. The van der Waals surface area contributed by atoms with Crippen LogP contribution >= 0.6 is 0 Å². The molecule has 31 heavy (non-hydrogen) atoms. The Hall–Kier alpha value is -1.89. The average Bonchev–Trinajstić information content (AvgIpc) is 2.98. The Labute approximate surface area is 188 Å². The zero-order valence-corrected chi connectivity index (χ0v) is 21.4. The molecule has 7 heteroatoms. The zero-order chi connectivity index (χ0) is 24.0. The Bertz CT molecular complexity index is 943. The van der Waals surface area contributed by atoms with Crippen molar-refractivity contribution in [1.29, 1.82) is 0 Å². The molecule has 0 unspecified atom stereocenters. The van der Waals surface area contributed by atoms with Gasteiger partial charge in [0.15, 0.2) is 0 Å². The lowest BCUT2D eigenvalue weighted by Gasteiger charge is -2.31. The molecule has 0 saturated carbocycles. The molecule has 1 saturated heterocycles. The minimum Gasteiger partial charge on any atom is -0.275 e. The van der Waals surface area contributed by atoms with E-state index in [2.05, 4.69) is 13.8 Å². The monoisotopic (exact) mass is 450 g/mol. The predicted molar refractivity (Wildman–Crippen MR) is 124 cm³/mol. The van der Waals surface area contributed by atoms with Gasteiger partial charge < -0.3 is 0 Å². The number of nitrogens with zero attached hydrogens (tertiary/aromatic N) is 2. The first kappa shape index (κ1) is 25.4. The lowest BCUT2D eigenvalue weighted by atomic mass is 9.86. The van der Waals surface area contributed by atoms with Crippen LogP contribution in [-0.2, 0) is 14.8 Å². The fraction of sp³-hybridized carbons (Fsp3) is 0.667. The molecule has 1 atom stereocenters. The van der Waals surface area contributed by atoms with Crippen LogP contribution in [0.25, 0.3) is 0 Å². The largest absolute Gasteiger partial charge is 0.341 e. The lowest BCUT2D eigenvalue weighted by molar-refractivity contribution is -0.128. The fourth-order valence-corrected chi connectivity index (χ4v) is 6.12. The summed E-state index contributed by atoms with van der Waals surface area (Å²) in [5, 5.41) is 0. The summed E-state index contributed by atoms with van der Waals surface area (Å²) in [6.07, 6.45) is 0. The molecule has 0 radical (unpaired) electrons. The molecule has 1 aromatic rings. The second kappa shape index (κ2) is 8.57. The van der Waals surface area contributed by atoms with Crippen molar-refractivity contribution in [2.45, 2.75) is 97.9 Å². The molecule has 174 valence electrons. The standard InChI is InChI=1S/C24H38N2O4S/c1-14(2)18-11-19(15(3)4)22(20(12-18)16(5)6)31(29,30)25-13-21(24(8,9)10)26(17(7)27)23(25)28/h11-12,14-16,21H,13H2,1-10H3/t21-/m1/s1. The smallest absolute Gasteiger partial charge is 0.275 e. The van der Waals surface area contributed by atoms with Crippen molar-refractivity contribution in [1.82, 2.24) is 9.21 Å². The summed E-state index contributed by atoms with van der Waals surface area (Å²) < 4.78 is 28.9. The number of hydrogen-bond acceptors (Lipinski definition) is 4. The van der Waals surface area contributed by atoms with Gasteiger partial charge >= 0.3 is 6.03 Å². The molecule has 6 nitrogen and oxygen atoms in total. The molecule has 0 bridgehead atoms. The fourth-order valence-electron chi connectivity index (χ4n) is 4.08. The number of sulfonamides is 1. The first-order chi connectivity index (χ1) is 14.0. The first-order valence-electron chi connectivity index (χ1n) is 11.1. The zero-order valence-electron chi connectivity index (χ0n) is 20.6. The summed E-state index contributed by atoms with van der Waals surface area (Å²) in [7, 11) is -4.15. The minimum absolute atomic E-state index is 0.0365. The van der Waals surface area contributed by atoms with Gasteiger partial charge in [-0.15, -0.1) is 0 Å². The number of imide groups is 1. The van der Waals surface area contributed by atoms with Crippen LogP contribution in [0.5, 0.6) is 0 Å². The molecule has 0 aliphatic carbocycles. The Morgan fingerprint density at radius 1 is 0.968 bits per heavy atom. The third-order valence-electron chi connectivity index (χ3n) is 6.04. The summed E-state index contributed by atoms with van der Waals surface area (Å²) in [6.45, 7) is 19.0. The molecule has 0 N–H and O–H groups in total. The van der Waals surface area contributed by atoms with Crippen LogP contribution in [0.2, 0.25) is 0 Å². The van der Waals surface area contributed by atoms with E-state index in [-0.39, 0.29) is 29.2 Å². The normalized spacial score (nSPS) is 18.1. The van der Waals surface area contributed by atoms with E-state index in [1.807, 2.05) is 60.6 Å². The third kappa shape index (κ3) is 4.66. The Morgan fingerprint density at radius 3 is 1.71 bits per heavy atom. The molecule has 3 amide bonds. The van der Waals surface area contributed by atoms with Crippen LogP contribution in [-0.4, -0.2) is 42.1 Å².